The van der Waals surface area contributed by atoms with Gasteiger partial charge in [0.15, 0.2) is 18.2 Å². The molecule has 0 aliphatic carbocycles. The molecule has 6 heteroatoms. The van der Waals surface area contributed by atoms with E-state index >= 15 is 0 Å². The van der Waals surface area contributed by atoms with Crippen molar-refractivity contribution in [2.24, 2.45) is 0 Å². The lowest BCUT2D eigenvalue weighted by Gasteiger charge is -2.36. The van der Waals surface area contributed by atoms with Gasteiger partial charge in [0.1, 0.15) is 6.04 Å². The Morgan fingerprint density at radius 2 is 1.79 bits per heavy atom. The minimum absolute atomic E-state index is 0.0787. The summed E-state index contributed by atoms with van der Waals surface area (Å²) in [6.45, 7) is 9.45. The van der Waals surface area contributed by atoms with Crippen LogP contribution in [0.4, 0.5) is 14.5 Å². The lowest BCUT2D eigenvalue weighted by atomic mass is 10.1. The highest BCUT2D eigenvalue weighted by Gasteiger charge is 2.24. The van der Waals surface area contributed by atoms with E-state index in [9.17, 15) is 13.6 Å². The van der Waals surface area contributed by atoms with Gasteiger partial charge in [-0.3, -0.25) is 4.79 Å². The number of rotatable bonds is 5. The zero-order chi connectivity index (χ0) is 20.3. The number of quaternary nitrogens is 1. The standard InChI is InChI=1S/C22H27F2N3O/c1-15-5-4-6-21(16(15)2)26-9-11-27(12-10-26)22(28)14-25-17(3)18-7-8-19(23)20(24)13-18/h4-8,13,17,25H,9-12,14H2,1-3H3/p+1/t17-/m0/s1. The summed E-state index contributed by atoms with van der Waals surface area (Å²) in [6.07, 6.45) is 0. The smallest absolute Gasteiger partial charge is 0.277 e. The highest BCUT2D eigenvalue weighted by Crippen LogP contribution is 2.23. The summed E-state index contributed by atoms with van der Waals surface area (Å²) < 4.78 is 26.5. The third-order valence-electron chi connectivity index (χ3n) is 5.66. The van der Waals surface area contributed by atoms with Crippen LogP contribution in [0, 0.1) is 25.5 Å². The van der Waals surface area contributed by atoms with Gasteiger partial charge in [0.2, 0.25) is 0 Å². The van der Waals surface area contributed by atoms with Gasteiger partial charge in [-0.1, -0.05) is 12.1 Å². The van der Waals surface area contributed by atoms with Crippen LogP contribution in [-0.4, -0.2) is 43.5 Å². The van der Waals surface area contributed by atoms with Gasteiger partial charge in [0.05, 0.1) is 0 Å². The van der Waals surface area contributed by atoms with Crippen LogP contribution in [0.3, 0.4) is 0 Å². The second-order valence-corrected chi connectivity index (χ2v) is 7.49. The largest absolute Gasteiger partial charge is 0.368 e. The number of nitrogens with two attached hydrogens (primary N) is 1. The Morgan fingerprint density at radius 1 is 1.07 bits per heavy atom. The van der Waals surface area contributed by atoms with E-state index in [0.29, 0.717) is 25.2 Å². The van der Waals surface area contributed by atoms with Crippen molar-refractivity contribution in [1.29, 1.82) is 0 Å². The Hall–Kier alpha value is -2.47. The predicted molar refractivity (Wildman–Crippen MR) is 106 cm³/mol. The summed E-state index contributed by atoms with van der Waals surface area (Å²) in [6, 6.07) is 10.1. The van der Waals surface area contributed by atoms with Crippen molar-refractivity contribution in [3.63, 3.8) is 0 Å². The summed E-state index contributed by atoms with van der Waals surface area (Å²) >= 11 is 0. The van der Waals surface area contributed by atoms with Crippen LogP contribution >= 0.6 is 0 Å². The fourth-order valence-electron chi connectivity index (χ4n) is 3.61. The Labute approximate surface area is 165 Å². The normalized spacial score (nSPS) is 15.6. The minimum Gasteiger partial charge on any atom is -0.368 e. The SMILES string of the molecule is Cc1cccc(N2CCN(C(=O)C[NH2+][C@@H](C)c3ccc(F)c(F)c3)CC2)c1C. The molecule has 0 aromatic heterocycles. The first-order chi connectivity index (χ1) is 13.4. The van der Waals surface area contributed by atoms with Gasteiger partial charge in [0, 0.05) is 37.4 Å². The number of amides is 1. The Morgan fingerprint density at radius 3 is 2.46 bits per heavy atom. The van der Waals surface area contributed by atoms with Crippen molar-refractivity contribution in [2.45, 2.75) is 26.8 Å². The molecule has 0 bridgehead atoms. The van der Waals surface area contributed by atoms with E-state index in [0.717, 1.165) is 19.2 Å². The van der Waals surface area contributed by atoms with Crippen molar-refractivity contribution >= 4 is 11.6 Å². The molecular weight excluding hydrogens is 360 g/mol. The van der Waals surface area contributed by atoms with Gasteiger partial charge < -0.3 is 15.1 Å². The molecule has 0 saturated carbocycles. The number of carbonyl (C=O) groups excluding carboxylic acids is 1. The first-order valence-corrected chi connectivity index (χ1v) is 9.74. The molecule has 1 aliphatic heterocycles. The molecule has 1 heterocycles. The highest BCUT2D eigenvalue weighted by molar-refractivity contribution is 5.77. The van der Waals surface area contributed by atoms with E-state index in [1.807, 2.05) is 17.1 Å². The molecule has 1 saturated heterocycles. The number of halogens is 2. The predicted octanol–water partition coefficient (Wildman–Crippen LogP) is 2.55. The minimum atomic E-state index is -0.855. The molecule has 1 atom stereocenters. The number of anilines is 1. The van der Waals surface area contributed by atoms with Gasteiger partial charge in [-0.25, -0.2) is 8.78 Å². The van der Waals surface area contributed by atoms with Gasteiger partial charge in [-0.2, -0.15) is 0 Å². The molecule has 1 amide bonds. The zero-order valence-corrected chi connectivity index (χ0v) is 16.7. The first kappa shape index (κ1) is 20.3. The van der Waals surface area contributed by atoms with Gasteiger partial charge >= 0.3 is 0 Å². The van der Waals surface area contributed by atoms with Crippen LogP contribution in [0.2, 0.25) is 0 Å². The quantitative estimate of drug-likeness (QED) is 0.855. The Kier molecular flexibility index (Phi) is 6.29. The summed E-state index contributed by atoms with van der Waals surface area (Å²) in [7, 11) is 0. The number of carbonyl (C=O) groups is 1. The van der Waals surface area contributed by atoms with E-state index in [-0.39, 0.29) is 11.9 Å². The second-order valence-electron chi connectivity index (χ2n) is 7.49. The average Bonchev–Trinajstić information content (AvgIpc) is 2.70. The van der Waals surface area contributed by atoms with Crippen molar-refractivity contribution in [3.05, 3.63) is 64.7 Å². The number of hydrogen-bond donors (Lipinski definition) is 1. The molecule has 2 aromatic rings. The first-order valence-electron chi connectivity index (χ1n) is 9.74. The summed E-state index contributed by atoms with van der Waals surface area (Å²) in [5.41, 5.74) is 4.48. The molecule has 4 nitrogen and oxygen atoms in total. The molecule has 0 spiro atoms. The second kappa shape index (κ2) is 8.69. The van der Waals surface area contributed by atoms with E-state index in [4.69, 9.17) is 0 Å². The van der Waals surface area contributed by atoms with Crippen molar-refractivity contribution < 1.29 is 18.9 Å². The highest BCUT2D eigenvalue weighted by atomic mass is 19.2. The molecular formula is C22H28F2N3O+. The Balaban J connectivity index is 1.51. The van der Waals surface area contributed by atoms with Gasteiger partial charge in [0.25, 0.3) is 5.91 Å². The molecule has 1 aliphatic rings. The lowest BCUT2D eigenvalue weighted by Crippen LogP contribution is -2.87. The van der Waals surface area contributed by atoms with Crippen molar-refractivity contribution in [3.8, 4) is 0 Å². The number of piperazine rings is 1. The van der Waals surface area contributed by atoms with E-state index in [1.54, 1.807) is 6.07 Å². The lowest BCUT2D eigenvalue weighted by molar-refractivity contribution is -0.683. The summed E-state index contributed by atoms with van der Waals surface area (Å²) in [5, 5.41) is 1.87. The average molecular weight is 388 g/mol. The maximum absolute atomic E-state index is 13.4. The molecule has 2 N–H and O–H groups in total. The Bertz CT molecular complexity index is 848. The molecule has 28 heavy (non-hydrogen) atoms. The zero-order valence-electron chi connectivity index (χ0n) is 16.7. The van der Waals surface area contributed by atoms with Crippen molar-refractivity contribution in [2.75, 3.05) is 37.6 Å². The van der Waals surface area contributed by atoms with Crippen LogP contribution in [0.1, 0.15) is 29.7 Å². The number of benzene rings is 2. The van der Waals surface area contributed by atoms with Crippen LogP contribution in [0.5, 0.6) is 0 Å². The topological polar surface area (TPSA) is 40.2 Å². The number of aryl methyl sites for hydroxylation is 1. The molecule has 2 aromatic carbocycles. The van der Waals surface area contributed by atoms with Crippen LogP contribution in [0.15, 0.2) is 36.4 Å². The monoisotopic (exact) mass is 388 g/mol. The van der Waals surface area contributed by atoms with Crippen LogP contribution < -0.4 is 10.2 Å². The maximum Gasteiger partial charge on any atom is 0.277 e. The number of nitrogens with zero attached hydrogens (tertiary/aromatic N) is 2. The third kappa shape index (κ3) is 4.50. The van der Waals surface area contributed by atoms with E-state index in [2.05, 4.69) is 36.9 Å². The summed E-state index contributed by atoms with van der Waals surface area (Å²) in [5.74, 6) is -1.63. The fraction of sp³-hybridized carbons (Fsp3) is 0.409. The molecule has 1 fully saturated rings. The third-order valence-corrected chi connectivity index (χ3v) is 5.66. The molecule has 0 unspecified atom stereocenters. The maximum atomic E-state index is 13.4. The molecule has 3 rings (SSSR count). The van der Waals surface area contributed by atoms with Gasteiger partial charge in [-0.15, -0.1) is 0 Å². The molecule has 150 valence electrons. The van der Waals surface area contributed by atoms with Gasteiger partial charge in [-0.05, 0) is 56.2 Å². The van der Waals surface area contributed by atoms with E-state index < -0.39 is 11.6 Å². The fourth-order valence-corrected chi connectivity index (χ4v) is 3.61. The van der Waals surface area contributed by atoms with Crippen LogP contribution in [-0.2, 0) is 4.79 Å². The van der Waals surface area contributed by atoms with Crippen molar-refractivity contribution in [1.82, 2.24) is 4.90 Å². The van der Waals surface area contributed by atoms with E-state index in [1.165, 1.54) is 22.9 Å². The number of hydrogen-bond acceptors (Lipinski definition) is 2. The van der Waals surface area contributed by atoms with Crippen LogP contribution in [0.25, 0.3) is 0 Å². The molecule has 0 radical (unpaired) electrons. The summed E-state index contributed by atoms with van der Waals surface area (Å²) in [4.78, 5) is 16.8.